The Kier molecular flexibility index (Phi) is 6.34. The number of nitrogens with zero attached hydrogens (tertiary/aromatic N) is 2. The molecule has 5 rings (SSSR count). The first-order valence-electron chi connectivity index (χ1n) is 10.4. The minimum atomic E-state index is -1.18. The van der Waals surface area contributed by atoms with Crippen LogP contribution in [0.3, 0.4) is 0 Å². The Balaban J connectivity index is 1.33. The van der Waals surface area contributed by atoms with Gasteiger partial charge >= 0.3 is 5.97 Å². The molecule has 8 nitrogen and oxygen atoms in total. The summed E-state index contributed by atoms with van der Waals surface area (Å²) in [6.45, 7) is -0.0809. The summed E-state index contributed by atoms with van der Waals surface area (Å²) in [5.41, 5.74) is 2.27. The lowest BCUT2D eigenvalue weighted by molar-refractivity contribution is -0.150. The SMILES string of the molecule is O=C(Cc1ccccc1)N[C@@H]1C(=O)N2C(C(=O)O)=C(Sc3nc4cc(CO)ccc4s3)CS[C@@H]12. The Hall–Kier alpha value is -2.86. The van der Waals surface area contributed by atoms with Gasteiger partial charge in [0.1, 0.15) is 17.1 Å². The molecule has 1 fully saturated rings. The van der Waals surface area contributed by atoms with E-state index in [1.807, 2.05) is 42.5 Å². The third kappa shape index (κ3) is 4.31. The van der Waals surface area contributed by atoms with E-state index >= 15 is 0 Å². The summed E-state index contributed by atoms with van der Waals surface area (Å²) in [6.07, 6.45) is 0.153. The van der Waals surface area contributed by atoms with Gasteiger partial charge in [0.25, 0.3) is 5.91 Å². The van der Waals surface area contributed by atoms with Crippen LogP contribution in [0.2, 0.25) is 0 Å². The number of nitrogens with one attached hydrogen (secondary N) is 1. The molecule has 0 bridgehead atoms. The smallest absolute Gasteiger partial charge is 0.353 e. The van der Waals surface area contributed by atoms with Crippen molar-refractivity contribution < 1.29 is 24.6 Å². The topological polar surface area (TPSA) is 120 Å². The maximum absolute atomic E-state index is 12.9. The molecule has 0 unspecified atom stereocenters. The summed E-state index contributed by atoms with van der Waals surface area (Å²) < 4.78 is 1.60. The summed E-state index contributed by atoms with van der Waals surface area (Å²) in [4.78, 5) is 43.8. The number of fused-ring (bicyclic) bond motifs is 2. The number of aliphatic hydroxyl groups excluding tert-OH is 1. The summed E-state index contributed by atoms with van der Waals surface area (Å²) in [5, 5.41) is 21.5. The van der Waals surface area contributed by atoms with Crippen molar-refractivity contribution >= 4 is 62.9 Å². The summed E-state index contributed by atoms with van der Waals surface area (Å²) in [5.74, 6) is -1.49. The lowest BCUT2D eigenvalue weighted by Gasteiger charge is -2.49. The van der Waals surface area contributed by atoms with Crippen LogP contribution in [0, 0.1) is 0 Å². The van der Waals surface area contributed by atoms with Crippen LogP contribution in [0.1, 0.15) is 11.1 Å². The molecule has 34 heavy (non-hydrogen) atoms. The lowest BCUT2D eigenvalue weighted by atomic mass is 10.0. The van der Waals surface area contributed by atoms with Gasteiger partial charge in [-0.15, -0.1) is 23.1 Å². The van der Waals surface area contributed by atoms with Gasteiger partial charge in [0.2, 0.25) is 5.91 Å². The third-order valence-corrected chi connectivity index (χ3v) is 9.13. The van der Waals surface area contributed by atoms with Crippen molar-refractivity contribution in [2.24, 2.45) is 0 Å². The molecule has 0 aliphatic carbocycles. The fourth-order valence-electron chi connectivity index (χ4n) is 3.87. The fourth-order valence-corrected chi connectivity index (χ4v) is 7.56. The van der Waals surface area contributed by atoms with Crippen molar-refractivity contribution in [2.45, 2.75) is 28.8 Å². The highest BCUT2D eigenvalue weighted by molar-refractivity contribution is 8.07. The summed E-state index contributed by atoms with van der Waals surface area (Å²) in [7, 11) is 0. The monoisotopic (exact) mass is 513 g/mol. The molecule has 0 spiro atoms. The zero-order chi connectivity index (χ0) is 23.8. The Morgan fingerprint density at radius 2 is 1.97 bits per heavy atom. The average Bonchev–Trinajstić information content (AvgIpc) is 3.24. The van der Waals surface area contributed by atoms with Gasteiger partial charge in [0.15, 0.2) is 4.34 Å². The number of β-lactam (4-membered cyclic amide) rings is 1. The van der Waals surface area contributed by atoms with Gasteiger partial charge in [-0.2, -0.15) is 0 Å². The Labute approximate surface area is 207 Å². The highest BCUT2D eigenvalue weighted by Gasteiger charge is 2.54. The number of thiazole rings is 1. The maximum atomic E-state index is 12.9. The van der Waals surface area contributed by atoms with Gasteiger partial charge < -0.3 is 15.5 Å². The van der Waals surface area contributed by atoms with Crippen molar-refractivity contribution in [2.75, 3.05) is 5.75 Å². The number of rotatable bonds is 7. The minimum absolute atomic E-state index is 0.0531. The number of amides is 2. The molecule has 2 amide bonds. The van der Waals surface area contributed by atoms with E-state index in [-0.39, 0.29) is 24.6 Å². The van der Waals surface area contributed by atoms with E-state index in [4.69, 9.17) is 0 Å². The van der Waals surface area contributed by atoms with Crippen LogP contribution >= 0.6 is 34.9 Å². The molecule has 0 radical (unpaired) electrons. The van der Waals surface area contributed by atoms with Crippen molar-refractivity contribution in [1.82, 2.24) is 15.2 Å². The second kappa shape index (κ2) is 9.41. The number of aliphatic carboxylic acids is 1. The van der Waals surface area contributed by atoms with Crippen LogP contribution < -0.4 is 5.32 Å². The van der Waals surface area contributed by atoms with Crippen LogP contribution in [-0.2, 0) is 27.4 Å². The first-order valence-corrected chi connectivity index (χ1v) is 13.1. The van der Waals surface area contributed by atoms with Gasteiger partial charge in [-0.05, 0) is 23.3 Å². The van der Waals surface area contributed by atoms with Gasteiger partial charge in [-0.25, -0.2) is 9.78 Å². The Morgan fingerprint density at radius 1 is 1.18 bits per heavy atom. The molecule has 174 valence electrons. The highest BCUT2D eigenvalue weighted by Crippen LogP contribution is 2.46. The van der Waals surface area contributed by atoms with E-state index in [2.05, 4.69) is 10.3 Å². The highest BCUT2D eigenvalue weighted by atomic mass is 32.2. The number of carboxylic acids is 1. The summed E-state index contributed by atoms with van der Waals surface area (Å²) in [6, 6.07) is 14.0. The van der Waals surface area contributed by atoms with Crippen LogP contribution in [0.4, 0.5) is 0 Å². The Bertz CT molecular complexity index is 1320. The first-order chi connectivity index (χ1) is 16.4. The molecule has 1 saturated heterocycles. The maximum Gasteiger partial charge on any atom is 0.353 e. The predicted octanol–water partition coefficient (Wildman–Crippen LogP) is 2.82. The van der Waals surface area contributed by atoms with E-state index in [9.17, 15) is 24.6 Å². The number of carboxylic acid groups (broad SMARTS) is 1. The van der Waals surface area contributed by atoms with Crippen LogP contribution in [-0.4, -0.2) is 55.0 Å². The molecular formula is C23H19N3O5S3. The Morgan fingerprint density at radius 3 is 2.71 bits per heavy atom. The second-order valence-corrected chi connectivity index (χ2v) is 11.2. The molecule has 11 heteroatoms. The number of hydrogen-bond acceptors (Lipinski definition) is 8. The third-order valence-electron chi connectivity index (χ3n) is 5.49. The van der Waals surface area contributed by atoms with Crippen molar-refractivity contribution in [3.05, 3.63) is 70.3 Å². The minimum Gasteiger partial charge on any atom is -0.477 e. The largest absolute Gasteiger partial charge is 0.477 e. The van der Waals surface area contributed by atoms with Gasteiger partial charge in [-0.3, -0.25) is 14.5 Å². The molecule has 0 saturated carbocycles. The van der Waals surface area contributed by atoms with Gasteiger partial charge in [0, 0.05) is 10.7 Å². The van der Waals surface area contributed by atoms with Crippen LogP contribution in [0.15, 0.2) is 63.5 Å². The normalized spacial score (nSPS) is 19.7. The van der Waals surface area contributed by atoms with Crippen LogP contribution in [0.5, 0.6) is 0 Å². The number of thioether (sulfide) groups is 2. The number of aromatic nitrogens is 1. The van der Waals surface area contributed by atoms with E-state index in [0.717, 1.165) is 21.3 Å². The number of aliphatic hydroxyl groups is 1. The van der Waals surface area contributed by atoms with E-state index < -0.39 is 23.3 Å². The zero-order valence-electron chi connectivity index (χ0n) is 17.6. The average molecular weight is 514 g/mol. The number of benzene rings is 2. The first kappa shape index (κ1) is 22.9. The quantitative estimate of drug-likeness (QED) is 0.413. The standard InChI is InChI=1S/C23H19N3O5S3/c27-10-13-6-7-15-14(8-13)24-23(33-15)34-16-11-32-21-18(20(29)26(21)19(16)22(30)31)25-17(28)9-12-4-2-1-3-5-12/h1-8,18,21,27H,9-11H2,(H,25,28)(H,30,31)/t18-,21+/m1/s1. The van der Waals surface area contributed by atoms with Crippen molar-refractivity contribution in [1.29, 1.82) is 0 Å². The number of hydrogen-bond donors (Lipinski definition) is 3. The molecule has 2 atom stereocenters. The predicted molar refractivity (Wildman–Crippen MR) is 131 cm³/mol. The van der Waals surface area contributed by atoms with Crippen molar-refractivity contribution in [3.8, 4) is 0 Å². The molecule has 3 aromatic rings. The van der Waals surface area contributed by atoms with E-state index in [0.29, 0.717) is 15.0 Å². The van der Waals surface area contributed by atoms with Gasteiger partial charge in [-0.1, -0.05) is 48.2 Å². The van der Waals surface area contributed by atoms with E-state index in [1.165, 1.54) is 39.8 Å². The number of carbonyl (C=O) groups excluding carboxylic acids is 2. The summed E-state index contributed by atoms with van der Waals surface area (Å²) >= 11 is 4.10. The molecule has 2 aromatic carbocycles. The van der Waals surface area contributed by atoms with E-state index in [1.54, 1.807) is 6.07 Å². The number of carbonyl (C=O) groups is 3. The lowest BCUT2D eigenvalue weighted by Crippen LogP contribution is -2.70. The van der Waals surface area contributed by atoms with Crippen molar-refractivity contribution in [3.63, 3.8) is 0 Å². The molecule has 1 aromatic heterocycles. The second-order valence-electron chi connectivity index (χ2n) is 7.74. The van der Waals surface area contributed by atoms with Crippen LogP contribution in [0.25, 0.3) is 10.2 Å². The molecule has 3 N–H and O–H groups in total. The molecule has 2 aliphatic heterocycles. The molecule has 3 heterocycles. The fraction of sp³-hybridized carbons (Fsp3) is 0.217. The molecule has 2 aliphatic rings. The van der Waals surface area contributed by atoms with Gasteiger partial charge in [0.05, 0.1) is 23.2 Å². The zero-order valence-corrected chi connectivity index (χ0v) is 20.1. The molecular weight excluding hydrogens is 494 g/mol.